The third kappa shape index (κ3) is 4.48. The van der Waals surface area contributed by atoms with Crippen LogP contribution in [0.25, 0.3) is 0 Å². The van der Waals surface area contributed by atoms with Crippen molar-refractivity contribution in [3.63, 3.8) is 0 Å². The maximum Gasteiger partial charge on any atom is 0.254 e. The number of likely N-dealkylation sites (tertiary alicyclic amines) is 1. The highest BCUT2D eigenvalue weighted by Gasteiger charge is 2.41. The predicted octanol–water partition coefficient (Wildman–Crippen LogP) is 2.18. The Morgan fingerprint density at radius 2 is 1.73 bits per heavy atom. The van der Waals surface area contributed by atoms with Gasteiger partial charge in [0, 0.05) is 37.3 Å². The average Bonchev–Trinajstić information content (AvgIpc) is 3.13. The third-order valence-electron chi connectivity index (χ3n) is 6.51. The molecule has 0 radical (unpaired) electrons. The number of hydrogen-bond acceptors (Lipinski definition) is 4. The Balaban J connectivity index is 1.23. The molecular formula is C22H29FN4O3. The lowest BCUT2D eigenvalue weighted by molar-refractivity contribution is -0.134. The maximum absolute atomic E-state index is 14.0. The van der Waals surface area contributed by atoms with Gasteiger partial charge >= 0.3 is 0 Å². The zero-order chi connectivity index (χ0) is 21.3. The molecule has 1 atom stereocenters. The molecule has 3 aliphatic rings. The minimum Gasteiger partial charge on any atom is -0.352 e. The quantitative estimate of drug-likeness (QED) is 0.663. The first-order valence-corrected chi connectivity index (χ1v) is 10.8. The van der Waals surface area contributed by atoms with E-state index in [0.29, 0.717) is 24.6 Å². The monoisotopic (exact) mass is 416 g/mol. The Labute approximate surface area is 175 Å². The molecule has 30 heavy (non-hydrogen) atoms. The Morgan fingerprint density at radius 1 is 1.03 bits per heavy atom. The number of amides is 3. The summed E-state index contributed by atoms with van der Waals surface area (Å²) in [7, 11) is 0. The molecule has 1 aromatic rings. The molecular weight excluding hydrogens is 387 g/mol. The van der Waals surface area contributed by atoms with Gasteiger partial charge < -0.3 is 16.0 Å². The van der Waals surface area contributed by atoms with Gasteiger partial charge in [0.05, 0.1) is 11.6 Å². The second-order valence-electron chi connectivity index (χ2n) is 8.70. The largest absolute Gasteiger partial charge is 0.352 e. The van der Waals surface area contributed by atoms with E-state index in [1.54, 1.807) is 0 Å². The van der Waals surface area contributed by atoms with Crippen LogP contribution in [0.4, 0.5) is 10.1 Å². The number of benzene rings is 1. The number of rotatable bonds is 6. The van der Waals surface area contributed by atoms with Crippen molar-refractivity contribution in [1.82, 2.24) is 15.5 Å². The Bertz CT molecular complexity index is 834. The molecule has 0 spiro atoms. The zero-order valence-corrected chi connectivity index (χ0v) is 17.2. The van der Waals surface area contributed by atoms with E-state index in [9.17, 15) is 18.8 Å². The van der Waals surface area contributed by atoms with Gasteiger partial charge in [-0.2, -0.15) is 0 Å². The summed E-state index contributed by atoms with van der Waals surface area (Å²) < 4.78 is 14.0. The summed E-state index contributed by atoms with van der Waals surface area (Å²) in [5.74, 6) is -1.34. The zero-order valence-electron chi connectivity index (χ0n) is 17.2. The van der Waals surface area contributed by atoms with E-state index in [2.05, 4.69) is 20.9 Å². The summed E-state index contributed by atoms with van der Waals surface area (Å²) in [6.07, 6.45) is 7.10. The van der Waals surface area contributed by atoms with Crippen LogP contribution in [-0.4, -0.2) is 53.3 Å². The van der Waals surface area contributed by atoms with Gasteiger partial charge in [0.1, 0.15) is 5.82 Å². The number of nitrogens with one attached hydrogen (secondary N) is 3. The van der Waals surface area contributed by atoms with Gasteiger partial charge in [0.2, 0.25) is 11.8 Å². The first-order valence-electron chi connectivity index (χ1n) is 10.8. The van der Waals surface area contributed by atoms with E-state index < -0.39 is 11.7 Å². The van der Waals surface area contributed by atoms with Crippen molar-refractivity contribution in [2.45, 2.75) is 76.0 Å². The van der Waals surface area contributed by atoms with E-state index in [1.165, 1.54) is 50.8 Å². The van der Waals surface area contributed by atoms with Crippen molar-refractivity contribution >= 4 is 23.4 Å². The van der Waals surface area contributed by atoms with Gasteiger partial charge in [-0.25, -0.2) is 4.39 Å². The molecule has 162 valence electrons. The summed E-state index contributed by atoms with van der Waals surface area (Å²) >= 11 is 0. The Morgan fingerprint density at radius 3 is 2.37 bits per heavy atom. The second kappa shape index (κ2) is 8.71. The van der Waals surface area contributed by atoms with Crippen LogP contribution in [-0.2, 0) is 9.59 Å². The highest BCUT2D eigenvalue weighted by atomic mass is 19.1. The molecule has 0 bridgehead atoms. The first kappa shape index (κ1) is 20.8. The summed E-state index contributed by atoms with van der Waals surface area (Å²) in [6.45, 7) is 2.36. The molecule has 2 saturated carbocycles. The SMILES string of the molecule is CC(=O)Nc1ccc(F)c(C(=O)NC2CC(NC(=O)C3CCN3C3CCCC3)C2)c1. The molecule has 1 heterocycles. The van der Waals surface area contributed by atoms with E-state index in [4.69, 9.17) is 0 Å². The lowest BCUT2D eigenvalue weighted by Crippen LogP contribution is -2.62. The van der Waals surface area contributed by atoms with Crippen LogP contribution in [0.3, 0.4) is 0 Å². The van der Waals surface area contributed by atoms with Crippen molar-refractivity contribution in [1.29, 1.82) is 0 Å². The number of anilines is 1. The fourth-order valence-corrected chi connectivity index (χ4v) is 4.76. The van der Waals surface area contributed by atoms with E-state index in [0.717, 1.165) is 13.0 Å². The van der Waals surface area contributed by atoms with Gasteiger partial charge in [-0.3, -0.25) is 19.3 Å². The third-order valence-corrected chi connectivity index (χ3v) is 6.51. The Hall–Kier alpha value is -2.48. The van der Waals surface area contributed by atoms with E-state index in [1.807, 2.05) is 0 Å². The number of carbonyl (C=O) groups is 3. The summed E-state index contributed by atoms with van der Waals surface area (Å²) in [6, 6.07) is 4.41. The van der Waals surface area contributed by atoms with Crippen molar-refractivity contribution < 1.29 is 18.8 Å². The molecule has 0 aromatic heterocycles. The van der Waals surface area contributed by atoms with Crippen molar-refractivity contribution in [2.75, 3.05) is 11.9 Å². The minimum atomic E-state index is -0.636. The Kier molecular flexibility index (Phi) is 6.04. The molecule has 1 unspecified atom stereocenters. The molecule has 3 fully saturated rings. The number of nitrogens with zero attached hydrogens (tertiary/aromatic N) is 1. The van der Waals surface area contributed by atoms with Gasteiger partial charge in [-0.15, -0.1) is 0 Å². The summed E-state index contributed by atoms with van der Waals surface area (Å²) in [4.78, 5) is 38.5. The molecule has 3 N–H and O–H groups in total. The molecule has 1 saturated heterocycles. The van der Waals surface area contributed by atoms with E-state index in [-0.39, 0.29) is 35.5 Å². The minimum absolute atomic E-state index is 0.00708. The van der Waals surface area contributed by atoms with Crippen LogP contribution in [0.5, 0.6) is 0 Å². The van der Waals surface area contributed by atoms with Crippen LogP contribution >= 0.6 is 0 Å². The molecule has 1 aliphatic heterocycles. The summed E-state index contributed by atoms with van der Waals surface area (Å²) in [5, 5.41) is 8.46. The normalized spacial score (nSPS) is 26.4. The highest BCUT2D eigenvalue weighted by molar-refractivity contribution is 5.97. The van der Waals surface area contributed by atoms with Crippen molar-refractivity contribution in [3.05, 3.63) is 29.6 Å². The fourth-order valence-electron chi connectivity index (χ4n) is 4.76. The van der Waals surface area contributed by atoms with Crippen LogP contribution < -0.4 is 16.0 Å². The van der Waals surface area contributed by atoms with Gasteiger partial charge in [-0.05, 0) is 50.3 Å². The standard InChI is InChI=1S/C22H29FN4O3/c1-13(28)24-14-6-7-19(23)18(12-14)21(29)25-15-10-16(11-15)26-22(30)20-8-9-27(20)17-4-2-3-5-17/h6-7,12,15-17,20H,2-5,8-11H2,1H3,(H,24,28)(H,25,29)(H,26,30). The molecule has 3 amide bonds. The molecule has 7 nitrogen and oxygen atoms in total. The molecule has 1 aromatic carbocycles. The van der Waals surface area contributed by atoms with Crippen LogP contribution in [0.2, 0.25) is 0 Å². The van der Waals surface area contributed by atoms with Crippen LogP contribution in [0, 0.1) is 5.82 Å². The highest BCUT2D eigenvalue weighted by Crippen LogP contribution is 2.31. The van der Waals surface area contributed by atoms with Crippen LogP contribution in [0.15, 0.2) is 18.2 Å². The van der Waals surface area contributed by atoms with Crippen molar-refractivity contribution in [2.24, 2.45) is 0 Å². The first-order chi connectivity index (χ1) is 14.4. The second-order valence-corrected chi connectivity index (χ2v) is 8.70. The maximum atomic E-state index is 14.0. The molecule has 4 rings (SSSR count). The lowest BCUT2D eigenvalue weighted by atomic mass is 9.85. The smallest absolute Gasteiger partial charge is 0.254 e. The number of carbonyl (C=O) groups excluding carboxylic acids is 3. The van der Waals surface area contributed by atoms with E-state index >= 15 is 0 Å². The van der Waals surface area contributed by atoms with Crippen LogP contribution in [0.1, 0.15) is 62.2 Å². The fraction of sp³-hybridized carbons (Fsp3) is 0.591. The van der Waals surface area contributed by atoms with Gasteiger partial charge in [0.15, 0.2) is 0 Å². The number of halogens is 1. The van der Waals surface area contributed by atoms with Gasteiger partial charge in [-0.1, -0.05) is 12.8 Å². The lowest BCUT2D eigenvalue weighted by Gasteiger charge is -2.45. The number of hydrogen-bond donors (Lipinski definition) is 3. The molecule has 2 aliphatic carbocycles. The van der Waals surface area contributed by atoms with Gasteiger partial charge in [0.25, 0.3) is 5.91 Å². The van der Waals surface area contributed by atoms with Crippen molar-refractivity contribution in [3.8, 4) is 0 Å². The summed E-state index contributed by atoms with van der Waals surface area (Å²) in [5.41, 5.74) is 0.274. The predicted molar refractivity (Wildman–Crippen MR) is 110 cm³/mol. The molecule has 8 heteroatoms. The average molecular weight is 416 g/mol. The topological polar surface area (TPSA) is 90.5 Å².